The molecule has 2 rings (SSSR count). The molecule has 0 saturated carbocycles. The average Bonchev–Trinajstić information content (AvgIpc) is 2.52. The molecule has 0 aliphatic carbocycles. The van der Waals surface area contributed by atoms with Crippen LogP contribution in [0, 0.1) is 0 Å². The summed E-state index contributed by atoms with van der Waals surface area (Å²) in [6.07, 6.45) is 1.77. The number of nitrogens with zero attached hydrogens (tertiary/aromatic N) is 1. The van der Waals surface area contributed by atoms with Crippen LogP contribution in [0.25, 0.3) is 0 Å². The van der Waals surface area contributed by atoms with Gasteiger partial charge in [0.25, 0.3) is 0 Å². The second kappa shape index (κ2) is 8.77. The largest absolute Gasteiger partial charge is 0.486 e. The van der Waals surface area contributed by atoms with Gasteiger partial charge in [-0.25, -0.2) is 0 Å². The number of nitrogens with one attached hydrogen (secondary N) is 1. The summed E-state index contributed by atoms with van der Waals surface area (Å²) in [7, 11) is 1.70. The van der Waals surface area contributed by atoms with E-state index in [1.165, 1.54) is 5.56 Å². The maximum Gasteiger partial charge on any atom is 0.134 e. The smallest absolute Gasteiger partial charge is 0.134 e. The van der Waals surface area contributed by atoms with Crippen molar-refractivity contribution >= 4 is 15.9 Å². The van der Waals surface area contributed by atoms with Crippen LogP contribution in [-0.2, 0) is 17.9 Å². The van der Waals surface area contributed by atoms with Crippen molar-refractivity contribution in [3.05, 3.63) is 58.3 Å². The highest BCUT2D eigenvalue weighted by atomic mass is 79.9. The number of ether oxygens (including phenoxy) is 2. The molecule has 0 bridgehead atoms. The number of halogens is 1. The SMILES string of the molecule is COCCNCc1ccc(OCc2ccccn2)c(Br)c1. The first-order chi connectivity index (χ1) is 10.3. The summed E-state index contributed by atoms with van der Waals surface area (Å²) in [4.78, 5) is 4.24. The minimum atomic E-state index is 0.463. The van der Waals surface area contributed by atoms with E-state index in [0.717, 1.165) is 29.0 Å². The van der Waals surface area contributed by atoms with Crippen molar-refractivity contribution in [1.82, 2.24) is 10.3 Å². The number of hydrogen-bond donors (Lipinski definition) is 1. The predicted octanol–water partition coefficient (Wildman–Crippen LogP) is 3.16. The Bertz CT molecular complexity index is 549. The number of benzene rings is 1. The Hall–Kier alpha value is -1.43. The van der Waals surface area contributed by atoms with Crippen molar-refractivity contribution in [2.75, 3.05) is 20.3 Å². The first-order valence-corrected chi connectivity index (χ1v) is 7.59. The van der Waals surface area contributed by atoms with Crippen molar-refractivity contribution < 1.29 is 9.47 Å². The van der Waals surface area contributed by atoms with Gasteiger partial charge < -0.3 is 14.8 Å². The predicted molar refractivity (Wildman–Crippen MR) is 86.3 cm³/mol. The Labute approximate surface area is 133 Å². The number of rotatable bonds is 8. The standard InChI is InChI=1S/C16H19BrN2O2/c1-20-9-8-18-11-13-5-6-16(15(17)10-13)21-12-14-4-2-3-7-19-14/h2-7,10,18H,8-9,11-12H2,1H3. The lowest BCUT2D eigenvalue weighted by Gasteiger charge is -2.10. The zero-order valence-corrected chi connectivity index (χ0v) is 13.6. The van der Waals surface area contributed by atoms with Crippen LogP contribution in [0.4, 0.5) is 0 Å². The molecule has 0 aliphatic rings. The molecule has 0 saturated heterocycles. The van der Waals surface area contributed by atoms with E-state index < -0.39 is 0 Å². The summed E-state index contributed by atoms with van der Waals surface area (Å²) in [6, 6.07) is 11.9. The zero-order valence-electron chi connectivity index (χ0n) is 12.0. The fraction of sp³-hybridized carbons (Fsp3) is 0.312. The van der Waals surface area contributed by atoms with E-state index in [0.29, 0.717) is 13.2 Å². The molecule has 21 heavy (non-hydrogen) atoms. The normalized spacial score (nSPS) is 10.6. The minimum absolute atomic E-state index is 0.463. The third-order valence-electron chi connectivity index (χ3n) is 2.91. The maximum atomic E-state index is 5.77. The van der Waals surface area contributed by atoms with Gasteiger partial charge in [-0.05, 0) is 45.8 Å². The summed E-state index contributed by atoms with van der Waals surface area (Å²) in [5, 5.41) is 3.31. The number of pyridine rings is 1. The Morgan fingerprint density at radius 2 is 2.14 bits per heavy atom. The lowest BCUT2D eigenvalue weighted by atomic mass is 10.2. The molecule has 1 N–H and O–H groups in total. The summed E-state index contributed by atoms with van der Waals surface area (Å²) in [6.45, 7) is 2.83. The first kappa shape index (κ1) is 15.9. The Balaban J connectivity index is 1.87. The number of aromatic nitrogens is 1. The van der Waals surface area contributed by atoms with Crippen LogP contribution in [0.3, 0.4) is 0 Å². The molecule has 0 atom stereocenters. The molecular weight excluding hydrogens is 332 g/mol. The van der Waals surface area contributed by atoms with Crippen LogP contribution in [0.15, 0.2) is 47.1 Å². The van der Waals surface area contributed by atoms with Gasteiger partial charge in [-0.2, -0.15) is 0 Å². The molecule has 1 aromatic heterocycles. The molecule has 1 heterocycles. The van der Waals surface area contributed by atoms with Gasteiger partial charge >= 0.3 is 0 Å². The van der Waals surface area contributed by atoms with Crippen LogP contribution in [0.1, 0.15) is 11.3 Å². The average molecular weight is 351 g/mol. The van der Waals surface area contributed by atoms with Gasteiger partial charge in [0.15, 0.2) is 0 Å². The monoisotopic (exact) mass is 350 g/mol. The van der Waals surface area contributed by atoms with Gasteiger partial charge in [-0.3, -0.25) is 4.98 Å². The van der Waals surface area contributed by atoms with Gasteiger partial charge in [-0.15, -0.1) is 0 Å². The molecule has 5 heteroatoms. The molecule has 2 aromatic rings. The molecule has 0 fully saturated rings. The highest BCUT2D eigenvalue weighted by Crippen LogP contribution is 2.26. The van der Waals surface area contributed by atoms with Crippen molar-refractivity contribution in [1.29, 1.82) is 0 Å². The summed E-state index contributed by atoms with van der Waals surface area (Å²) in [5.74, 6) is 0.821. The van der Waals surface area contributed by atoms with E-state index in [1.54, 1.807) is 13.3 Å². The number of methoxy groups -OCH3 is 1. The lowest BCUT2D eigenvalue weighted by Crippen LogP contribution is -2.18. The van der Waals surface area contributed by atoms with E-state index in [1.807, 2.05) is 24.3 Å². The molecule has 1 aromatic carbocycles. The Morgan fingerprint density at radius 1 is 1.24 bits per heavy atom. The van der Waals surface area contributed by atoms with Crippen molar-refractivity contribution in [3.8, 4) is 5.75 Å². The molecule has 0 radical (unpaired) electrons. The zero-order chi connectivity index (χ0) is 14.9. The fourth-order valence-corrected chi connectivity index (χ4v) is 2.35. The summed E-state index contributed by atoms with van der Waals surface area (Å²) in [5.41, 5.74) is 2.11. The highest BCUT2D eigenvalue weighted by molar-refractivity contribution is 9.10. The molecule has 0 amide bonds. The van der Waals surface area contributed by atoms with Crippen LogP contribution in [0.2, 0.25) is 0 Å². The minimum Gasteiger partial charge on any atom is -0.486 e. The van der Waals surface area contributed by atoms with E-state index in [9.17, 15) is 0 Å². The summed E-state index contributed by atoms with van der Waals surface area (Å²) < 4.78 is 11.7. The van der Waals surface area contributed by atoms with Gasteiger partial charge in [-0.1, -0.05) is 12.1 Å². The van der Waals surface area contributed by atoms with E-state index in [-0.39, 0.29) is 0 Å². The molecular formula is C16H19BrN2O2. The van der Waals surface area contributed by atoms with E-state index >= 15 is 0 Å². The highest BCUT2D eigenvalue weighted by Gasteiger charge is 2.04. The topological polar surface area (TPSA) is 43.4 Å². The van der Waals surface area contributed by atoms with Crippen molar-refractivity contribution in [2.24, 2.45) is 0 Å². The maximum absolute atomic E-state index is 5.77. The van der Waals surface area contributed by atoms with Crippen LogP contribution in [0.5, 0.6) is 5.75 Å². The molecule has 0 aliphatic heterocycles. The second-order valence-corrected chi connectivity index (χ2v) is 5.40. The molecule has 0 spiro atoms. The van der Waals surface area contributed by atoms with Crippen LogP contribution in [-0.4, -0.2) is 25.2 Å². The van der Waals surface area contributed by atoms with Crippen LogP contribution >= 0.6 is 15.9 Å². The molecule has 0 unspecified atom stereocenters. The fourth-order valence-electron chi connectivity index (χ4n) is 1.81. The first-order valence-electron chi connectivity index (χ1n) is 6.80. The van der Waals surface area contributed by atoms with E-state index in [4.69, 9.17) is 9.47 Å². The quantitative estimate of drug-likeness (QED) is 0.742. The van der Waals surface area contributed by atoms with Gasteiger partial charge in [0.05, 0.1) is 16.8 Å². The number of hydrogen-bond acceptors (Lipinski definition) is 4. The van der Waals surface area contributed by atoms with Crippen molar-refractivity contribution in [2.45, 2.75) is 13.2 Å². The summed E-state index contributed by atoms with van der Waals surface area (Å²) >= 11 is 3.55. The second-order valence-electron chi connectivity index (χ2n) is 4.54. The molecule has 112 valence electrons. The Kier molecular flexibility index (Phi) is 6.66. The Morgan fingerprint density at radius 3 is 2.86 bits per heavy atom. The molecule has 4 nitrogen and oxygen atoms in total. The van der Waals surface area contributed by atoms with Gasteiger partial charge in [0.2, 0.25) is 0 Å². The van der Waals surface area contributed by atoms with Crippen molar-refractivity contribution in [3.63, 3.8) is 0 Å². The lowest BCUT2D eigenvalue weighted by molar-refractivity contribution is 0.199. The van der Waals surface area contributed by atoms with Crippen LogP contribution < -0.4 is 10.1 Å². The third kappa shape index (κ3) is 5.46. The van der Waals surface area contributed by atoms with Gasteiger partial charge in [0.1, 0.15) is 12.4 Å². The third-order valence-corrected chi connectivity index (χ3v) is 3.53. The van der Waals surface area contributed by atoms with Gasteiger partial charge in [0, 0.05) is 26.4 Å². The van der Waals surface area contributed by atoms with E-state index in [2.05, 4.69) is 38.4 Å².